The van der Waals surface area contributed by atoms with Gasteiger partial charge in [0.15, 0.2) is 0 Å². The molecule has 2 aromatic rings. The van der Waals surface area contributed by atoms with Gasteiger partial charge >= 0.3 is 0 Å². The predicted molar refractivity (Wildman–Crippen MR) is 87.4 cm³/mol. The lowest BCUT2D eigenvalue weighted by Crippen LogP contribution is -2.15. The molecule has 0 bridgehead atoms. The Morgan fingerprint density at radius 3 is 2.40 bits per heavy atom. The molecule has 2 nitrogen and oxygen atoms in total. The molecule has 2 aromatic carbocycles. The van der Waals surface area contributed by atoms with Gasteiger partial charge in [-0.05, 0) is 55.2 Å². The Balaban J connectivity index is 2.55. The first-order chi connectivity index (χ1) is 9.45. The molecular formula is C17H20BrNO. The second-order valence-electron chi connectivity index (χ2n) is 5.11. The van der Waals surface area contributed by atoms with E-state index in [1.807, 2.05) is 19.1 Å². The maximum absolute atomic E-state index is 6.48. The van der Waals surface area contributed by atoms with E-state index in [0.29, 0.717) is 0 Å². The van der Waals surface area contributed by atoms with Crippen LogP contribution in [0.2, 0.25) is 0 Å². The van der Waals surface area contributed by atoms with E-state index in [2.05, 4.69) is 48.0 Å². The minimum atomic E-state index is -0.193. The van der Waals surface area contributed by atoms with Gasteiger partial charge in [-0.2, -0.15) is 0 Å². The van der Waals surface area contributed by atoms with Crippen LogP contribution in [0.25, 0.3) is 0 Å². The molecule has 20 heavy (non-hydrogen) atoms. The zero-order chi connectivity index (χ0) is 14.9. The quantitative estimate of drug-likeness (QED) is 0.901. The van der Waals surface area contributed by atoms with E-state index in [9.17, 15) is 0 Å². The van der Waals surface area contributed by atoms with Crippen LogP contribution in [0.5, 0.6) is 5.75 Å². The van der Waals surface area contributed by atoms with Crippen LogP contribution in [0.1, 0.15) is 33.9 Å². The Bertz CT molecular complexity index is 637. The van der Waals surface area contributed by atoms with E-state index in [-0.39, 0.29) is 6.04 Å². The number of hydrogen-bond donors (Lipinski definition) is 1. The molecule has 0 aliphatic carbocycles. The topological polar surface area (TPSA) is 35.2 Å². The third kappa shape index (κ3) is 2.74. The van der Waals surface area contributed by atoms with Gasteiger partial charge in [0.2, 0.25) is 0 Å². The largest absolute Gasteiger partial charge is 0.496 e. The summed E-state index contributed by atoms with van der Waals surface area (Å²) in [6, 6.07) is 10.1. The van der Waals surface area contributed by atoms with Crippen LogP contribution in [0.4, 0.5) is 0 Å². The molecule has 0 aliphatic rings. The lowest BCUT2D eigenvalue weighted by molar-refractivity contribution is 0.407. The van der Waals surface area contributed by atoms with Crippen LogP contribution in [-0.2, 0) is 0 Å². The van der Waals surface area contributed by atoms with E-state index in [0.717, 1.165) is 26.9 Å². The van der Waals surface area contributed by atoms with Gasteiger partial charge < -0.3 is 10.5 Å². The second kappa shape index (κ2) is 5.98. The van der Waals surface area contributed by atoms with E-state index in [1.165, 1.54) is 11.1 Å². The SMILES string of the molecule is COc1cc(C)c(Br)cc1C(N)c1cccc(C)c1C. The van der Waals surface area contributed by atoms with Crippen molar-refractivity contribution in [1.82, 2.24) is 0 Å². The monoisotopic (exact) mass is 333 g/mol. The molecule has 1 atom stereocenters. The van der Waals surface area contributed by atoms with Crippen molar-refractivity contribution in [2.24, 2.45) is 5.73 Å². The number of ether oxygens (including phenoxy) is 1. The Morgan fingerprint density at radius 2 is 1.75 bits per heavy atom. The van der Waals surface area contributed by atoms with Crippen LogP contribution in [0.15, 0.2) is 34.8 Å². The minimum absolute atomic E-state index is 0.193. The van der Waals surface area contributed by atoms with Crippen molar-refractivity contribution in [1.29, 1.82) is 0 Å². The molecule has 0 spiro atoms. The summed E-state index contributed by atoms with van der Waals surface area (Å²) in [7, 11) is 1.68. The minimum Gasteiger partial charge on any atom is -0.496 e. The third-order valence-corrected chi connectivity index (χ3v) is 4.68. The Kier molecular flexibility index (Phi) is 4.51. The van der Waals surface area contributed by atoms with Gasteiger partial charge in [0.25, 0.3) is 0 Å². The van der Waals surface area contributed by atoms with Crippen molar-refractivity contribution in [2.75, 3.05) is 7.11 Å². The number of aryl methyl sites for hydroxylation is 2. The molecule has 0 saturated carbocycles. The van der Waals surface area contributed by atoms with Crippen LogP contribution >= 0.6 is 15.9 Å². The molecule has 0 aliphatic heterocycles. The molecule has 0 saturated heterocycles. The summed E-state index contributed by atoms with van der Waals surface area (Å²) in [6.07, 6.45) is 0. The van der Waals surface area contributed by atoms with Gasteiger partial charge in [-0.3, -0.25) is 0 Å². The lowest BCUT2D eigenvalue weighted by Gasteiger charge is -2.20. The van der Waals surface area contributed by atoms with Gasteiger partial charge in [-0.1, -0.05) is 34.1 Å². The summed E-state index contributed by atoms with van der Waals surface area (Å²) in [5, 5.41) is 0. The lowest BCUT2D eigenvalue weighted by atomic mass is 9.92. The van der Waals surface area contributed by atoms with Crippen molar-refractivity contribution < 1.29 is 4.74 Å². The highest BCUT2D eigenvalue weighted by Gasteiger charge is 2.18. The number of rotatable bonds is 3. The van der Waals surface area contributed by atoms with Gasteiger partial charge in [-0.25, -0.2) is 0 Å². The Hall–Kier alpha value is -1.32. The molecule has 0 heterocycles. The maximum atomic E-state index is 6.48. The number of hydrogen-bond acceptors (Lipinski definition) is 2. The van der Waals surface area contributed by atoms with Crippen molar-refractivity contribution in [2.45, 2.75) is 26.8 Å². The molecule has 3 heteroatoms. The second-order valence-corrected chi connectivity index (χ2v) is 5.96. The summed E-state index contributed by atoms with van der Waals surface area (Å²) in [5.74, 6) is 0.833. The van der Waals surface area contributed by atoms with Gasteiger partial charge in [0.05, 0.1) is 13.2 Å². The van der Waals surface area contributed by atoms with Crippen molar-refractivity contribution >= 4 is 15.9 Å². The molecule has 2 rings (SSSR count). The van der Waals surface area contributed by atoms with Crippen LogP contribution in [0, 0.1) is 20.8 Å². The highest BCUT2D eigenvalue weighted by molar-refractivity contribution is 9.10. The molecule has 0 radical (unpaired) electrons. The molecule has 106 valence electrons. The van der Waals surface area contributed by atoms with Crippen LogP contribution < -0.4 is 10.5 Å². The standard InChI is InChI=1S/C17H20BrNO/c1-10-6-5-7-13(12(10)3)17(19)14-9-15(18)11(2)8-16(14)20-4/h5-9,17H,19H2,1-4H3. The third-order valence-electron chi connectivity index (χ3n) is 3.83. The average Bonchev–Trinajstić information content (AvgIpc) is 2.43. The van der Waals surface area contributed by atoms with E-state index < -0.39 is 0 Å². The van der Waals surface area contributed by atoms with Crippen molar-refractivity contribution in [3.63, 3.8) is 0 Å². The predicted octanol–water partition coefficient (Wildman–Crippen LogP) is 4.43. The van der Waals surface area contributed by atoms with E-state index >= 15 is 0 Å². The van der Waals surface area contributed by atoms with Gasteiger partial charge in [0, 0.05) is 10.0 Å². The summed E-state index contributed by atoms with van der Waals surface area (Å²) in [5.41, 5.74) is 12.2. The van der Waals surface area contributed by atoms with E-state index in [4.69, 9.17) is 10.5 Å². The smallest absolute Gasteiger partial charge is 0.124 e. The van der Waals surface area contributed by atoms with Crippen LogP contribution in [-0.4, -0.2) is 7.11 Å². The Morgan fingerprint density at radius 1 is 1.05 bits per heavy atom. The van der Waals surface area contributed by atoms with E-state index in [1.54, 1.807) is 7.11 Å². The van der Waals surface area contributed by atoms with Gasteiger partial charge in [0.1, 0.15) is 5.75 Å². The molecule has 0 aromatic heterocycles. The fourth-order valence-corrected chi connectivity index (χ4v) is 2.73. The van der Waals surface area contributed by atoms with Crippen LogP contribution in [0.3, 0.4) is 0 Å². The summed E-state index contributed by atoms with van der Waals surface area (Å²) < 4.78 is 6.54. The van der Waals surface area contributed by atoms with Gasteiger partial charge in [-0.15, -0.1) is 0 Å². The fourth-order valence-electron chi connectivity index (χ4n) is 2.37. The highest BCUT2D eigenvalue weighted by Crippen LogP contribution is 2.34. The Labute approximate surface area is 129 Å². The molecule has 0 amide bonds. The first-order valence-corrected chi connectivity index (χ1v) is 7.40. The molecule has 1 unspecified atom stereocenters. The normalized spacial score (nSPS) is 12.3. The molecule has 0 fully saturated rings. The highest BCUT2D eigenvalue weighted by atomic mass is 79.9. The molecular weight excluding hydrogens is 314 g/mol. The maximum Gasteiger partial charge on any atom is 0.124 e. The first-order valence-electron chi connectivity index (χ1n) is 6.61. The van der Waals surface area contributed by atoms with Crippen molar-refractivity contribution in [3.8, 4) is 5.75 Å². The average molecular weight is 334 g/mol. The summed E-state index contributed by atoms with van der Waals surface area (Å²) >= 11 is 3.57. The zero-order valence-corrected chi connectivity index (χ0v) is 13.9. The zero-order valence-electron chi connectivity index (χ0n) is 12.3. The summed E-state index contributed by atoms with van der Waals surface area (Å²) in [4.78, 5) is 0. The first kappa shape index (κ1) is 15.1. The summed E-state index contributed by atoms with van der Waals surface area (Å²) in [6.45, 7) is 6.26. The number of benzene rings is 2. The number of methoxy groups -OCH3 is 1. The fraction of sp³-hybridized carbons (Fsp3) is 0.294. The number of halogens is 1. The van der Waals surface area contributed by atoms with Crippen molar-refractivity contribution in [3.05, 3.63) is 62.6 Å². The number of nitrogens with two attached hydrogens (primary N) is 1. The molecule has 2 N–H and O–H groups in total.